The van der Waals surface area contributed by atoms with Crippen LogP contribution in [0, 0.1) is 18.8 Å². The summed E-state index contributed by atoms with van der Waals surface area (Å²) >= 11 is 0. The van der Waals surface area contributed by atoms with Crippen molar-refractivity contribution in [2.24, 2.45) is 11.8 Å². The molecule has 0 radical (unpaired) electrons. The minimum absolute atomic E-state index is 0.0976. The zero-order valence-electron chi connectivity index (χ0n) is 12.2. The van der Waals surface area contributed by atoms with Crippen LogP contribution in [0.15, 0.2) is 6.20 Å². The van der Waals surface area contributed by atoms with Gasteiger partial charge in [-0.2, -0.15) is 0 Å². The highest BCUT2D eigenvalue weighted by molar-refractivity contribution is 6.02. The van der Waals surface area contributed by atoms with Gasteiger partial charge in [-0.1, -0.05) is 20.8 Å². The number of aromatic amines is 1. The number of carbonyl (C=O) groups is 2. The second kappa shape index (κ2) is 6.41. The molecule has 1 unspecified atom stereocenters. The van der Waals surface area contributed by atoms with Crippen LogP contribution in [0.4, 0.5) is 5.69 Å². The minimum atomic E-state index is -0.422. The highest BCUT2D eigenvalue weighted by Crippen LogP contribution is 2.22. The van der Waals surface area contributed by atoms with Crippen LogP contribution in [-0.2, 0) is 9.53 Å². The van der Waals surface area contributed by atoms with E-state index in [0.29, 0.717) is 23.6 Å². The predicted molar refractivity (Wildman–Crippen MR) is 74.1 cm³/mol. The first-order valence-corrected chi connectivity index (χ1v) is 6.54. The van der Waals surface area contributed by atoms with E-state index in [4.69, 9.17) is 4.74 Å². The fraction of sp³-hybridized carbons (Fsp3) is 0.571. The molecule has 0 fully saturated rings. The molecule has 0 aliphatic carbocycles. The SMILES string of the molecule is CCOC(=O)c1c(NC(=O)C(C)C(C)C)c[nH]c1C. The van der Waals surface area contributed by atoms with Crippen molar-refractivity contribution in [1.82, 2.24) is 4.98 Å². The molecule has 1 amide bonds. The molecule has 0 saturated heterocycles. The first-order chi connectivity index (χ1) is 8.88. The predicted octanol–water partition coefficient (Wildman–Crippen LogP) is 2.73. The number of rotatable bonds is 5. The first-order valence-electron chi connectivity index (χ1n) is 6.54. The molecule has 5 heteroatoms. The van der Waals surface area contributed by atoms with Gasteiger partial charge in [0.15, 0.2) is 0 Å². The van der Waals surface area contributed by atoms with E-state index in [9.17, 15) is 9.59 Å². The lowest BCUT2D eigenvalue weighted by Crippen LogP contribution is -2.25. The second-order valence-electron chi connectivity index (χ2n) is 4.94. The van der Waals surface area contributed by atoms with Crippen LogP contribution in [0.3, 0.4) is 0 Å². The number of ether oxygens (including phenoxy) is 1. The Kier molecular flexibility index (Phi) is 5.15. The van der Waals surface area contributed by atoms with Crippen LogP contribution < -0.4 is 5.32 Å². The van der Waals surface area contributed by atoms with Gasteiger partial charge < -0.3 is 15.0 Å². The van der Waals surface area contributed by atoms with E-state index in [1.165, 1.54) is 0 Å². The van der Waals surface area contributed by atoms with Crippen LogP contribution in [-0.4, -0.2) is 23.5 Å². The summed E-state index contributed by atoms with van der Waals surface area (Å²) in [4.78, 5) is 26.8. The number of amides is 1. The maximum atomic E-state index is 12.0. The number of hydrogen-bond donors (Lipinski definition) is 2. The van der Waals surface area contributed by atoms with Crippen LogP contribution in [0.25, 0.3) is 0 Å². The fourth-order valence-corrected chi connectivity index (χ4v) is 1.64. The molecule has 0 aliphatic rings. The van der Waals surface area contributed by atoms with Gasteiger partial charge in [-0.05, 0) is 19.8 Å². The molecule has 106 valence electrons. The Bertz CT molecular complexity index is 463. The summed E-state index contributed by atoms with van der Waals surface area (Å²) in [5, 5.41) is 2.78. The Balaban J connectivity index is 2.91. The molecule has 1 aromatic rings. The van der Waals surface area contributed by atoms with Gasteiger partial charge in [0.2, 0.25) is 5.91 Å². The van der Waals surface area contributed by atoms with E-state index in [1.807, 2.05) is 20.8 Å². The quantitative estimate of drug-likeness (QED) is 0.805. The summed E-state index contributed by atoms with van der Waals surface area (Å²) in [5.74, 6) is -0.398. The molecule has 0 spiro atoms. The summed E-state index contributed by atoms with van der Waals surface area (Å²) in [7, 11) is 0. The summed E-state index contributed by atoms with van der Waals surface area (Å²) in [6, 6.07) is 0. The van der Waals surface area contributed by atoms with E-state index >= 15 is 0 Å². The van der Waals surface area contributed by atoms with Gasteiger partial charge in [0.25, 0.3) is 0 Å². The highest BCUT2D eigenvalue weighted by Gasteiger charge is 2.22. The summed E-state index contributed by atoms with van der Waals surface area (Å²) in [6.07, 6.45) is 1.62. The Morgan fingerprint density at radius 1 is 1.37 bits per heavy atom. The molecule has 5 nitrogen and oxygen atoms in total. The average Bonchev–Trinajstić information content (AvgIpc) is 2.69. The van der Waals surface area contributed by atoms with Crippen molar-refractivity contribution in [3.05, 3.63) is 17.5 Å². The van der Waals surface area contributed by atoms with Crippen molar-refractivity contribution in [3.63, 3.8) is 0 Å². The standard InChI is InChI=1S/C14H22N2O3/c1-6-19-14(18)12-10(5)15-7-11(12)16-13(17)9(4)8(2)3/h7-9,15H,6H2,1-5H3,(H,16,17). The number of carbonyl (C=O) groups excluding carboxylic acids is 2. The first kappa shape index (κ1) is 15.3. The van der Waals surface area contributed by atoms with E-state index in [0.717, 1.165) is 0 Å². The second-order valence-corrected chi connectivity index (χ2v) is 4.94. The minimum Gasteiger partial charge on any atom is -0.462 e. The molecule has 1 atom stereocenters. The fourth-order valence-electron chi connectivity index (χ4n) is 1.64. The zero-order valence-corrected chi connectivity index (χ0v) is 12.2. The Labute approximate surface area is 113 Å². The Hall–Kier alpha value is -1.78. The lowest BCUT2D eigenvalue weighted by Gasteiger charge is -2.15. The number of anilines is 1. The molecule has 19 heavy (non-hydrogen) atoms. The highest BCUT2D eigenvalue weighted by atomic mass is 16.5. The van der Waals surface area contributed by atoms with Gasteiger partial charge in [-0.3, -0.25) is 4.79 Å². The summed E-state index contributed by atoms with van der Waals surface area (Å²) in [6.45, 7) is 9.66. The molecule has 0 aliphatic heterocycles. The van der Waals surface area contributed by atoms with Crippen LogP contribution in [0.5, 0.6) is 0 Å². The molecule has 1 rings (SSSR count). The zero-order chi connectivity index (χ0) is 14.6. The van der Waals surface area contributed by atoms with E-state index in [-0.39, 0.29) is 17.7 Å². The van der Waals surface area contributed by atoms with Crippen molar-refractivity contribution >= 4 is 17.6 Å². The summed E-state index contributed by atoms with van der Waals surface area (Å²) < 4.78 is 4.99. The molecule has 2 N–H and O–H groups in total. The average molecular weight is 266 g/mol. The third-order valence-electron chi connectivity index (χ3n) is 3.23. The molecule has 0 saturated carbocycles. The number of aromatic nitrogens is 1. The normalized spacial score (nSPS) is 12.3. The third kappa shape index (κ3) is 3.59. The van der Waals surface area contributed by atoms with E-state index < -0.39 is 5.97 Å². The van der Waals surface area contributed by atoms with Crippen LogP contribution in [0.1, 0.15) is 43.7 Å². The summed E-state index contributed by atoms with van der Waals surface area (Å²) in [5.41, 5.74) is 1.56. The topological polar surface area (TPSA) is 71.2 Å². The van der Waals surface area contributed by atoms with Crippen molar-refractivity contribution in [2.45, 2.75) is 34.6 Å². The van der Waals surface area contributed by atoms with E-state index in [1.54, 1.807) is 20.0 Å². The van der Waals surface area contributed by atoms with Crippen molar-refractivity contribution < 1.29 is 14.3 Å². The van der Waals surface area contributed by atoms with Crippen LogP contribution in [0.2, 0.25) is 0 Å². The number of aryl methyl sites for hydroxylation is 1. The van der Waals surface area contributed by atoms with Crippen LogP contribution >= 0.6 is 0 Å². The number of H-pyrrole nitrogens is 1. The van der Waals surface area contributed by atoms with Crippen molar-refractivity contribution in [3.8, 4) is 0 Å². The Morgan fingerprint density at radius 2 is 2.00 bits per heavy atom. The lowest BCUT2D eigenvalue weighted by molar-refractivity contribution is -0.120. The smallest absolute Gasteiger partial charge is 0.342 e. The third-order valence-corrected chi connectivity index (χ3v) is 3.23. The molecular formula is C14H22N2O3. The van der Waals surface area contributed by atoms with Crippen molar-refractivity contribution in [1.29, 1.82) is 0 Å². The monoisotopic (exact) mass is 266 g/mol. The van der Waals surface area contributed by atoms with E-state index in [2.05, 4.69) is 10.3 Å². The van der Waals surface area contributed by atoms with Gasteiger partial charge in [-0.15, -0.1) is 0 Å². The van der Waals surface area contributed by atoms with Gasteiger partial charge in [0, 0.05) is 17.8 Å². The lowest BCUT2D eigenvalue weighted by atomic mass is 9.97. The maximum absolute atomic E-state index is 12.0. The van der Waals surface area contributed by atoms with Gasteiger partial charge in [0.05, 0.1) is 12.3 Å². The molecular weight excluding hydrogens is 244 g/mol. The molecule has 1 heterocycles. The molecule has 0 aromatic carbocycles. The van der Waals surface area contributed by atoms with Crippen molar-refractivity contribution in [2.75, 3.05) is 11.9 Å². The number of nitrogens with one attached hydrogen (secondary N) is 2. The molecule has 1 aromatic heterocycles. The number of hydrogen-bond acceptors (Lipinski definition) is 3. The maximum Gasteiger partial charge on any atom is 0.342 e. The Morgan fingerprint density at radius 3 is 2.53 bits per heavy atom. The van der Waals surface area contributed by atoms with Gasteiger partial charge in [0.1, 0.15) is 5.56 Å². The van der Waals surface area contributed by atoms with Gasteiger partial charge in [-0.25, -0.2) is 4.79 Å². The molecule has 0 bridgehead atoms. The number of esters is 1. The largest absolute Gasteiger partial charge is 0.462 e. The van der Waals surface area contributed by atoms with Gasteiger partial charge >= 0.3 is 5.97 Å².